The first kappa shape index (κ1) is 27.7. The first-order valence-corrected chi connectivity index (χ1v) is 12.4. The molecule has 0 aliphatic carbocycles. The molecule has 1 amide bonds. The van der Waals surface area contributed by atoms with E-state index in [0.29, 0.717) is 18.2 Å². The van der Waals surface area contributed by atoms with Gasteiger partial charge in [-0.05, 0) is 47.9 Å². The molecule has 0 saturated heterocycles. The largest absolute Gasteiger partial charge is 0.416 e. The van der Waals surface area contributed by atoms with E-state index in [1.807, 2.05) is 13.8 Å². The fraction of sp³-hybridized carbons (Fsp3) is 0.240. The van der Waals surface area contributed by atoms with E-state index in [9.17, 15) is 36.5 Å². The molecule has 3 aromatic rings. The third-order valence-corrected chi connectivity index (χ3v) is 6.35. The number of nitro benzene ring substituents is 1. The Morgan fingerprint density at radius 3 is 2.35 bits per heavy atom. The number of amides is 1. The molecule has 0 aliphatic heterocycles. The Morgan fingerprint density at radius 2 is 1.70 bits per heavy atom. The fourth-order valence-corrected chi connectivity index (χ4v) is 4.48. The molecule has 196 valence electrons. The number of benzene rings is 3. The van der Waals surface area contributed by atoms with Gasteiger partial charge in [-0.3, -0.25) is 14.9 Å². The molecule has 0 aliphatic rings. The van der Waals surface area contributed by atoms with Crippen molar-refractivity contribution in [3.63, 3.8) is 0 Å². The molecule has 0 aromatic heterocycles. The summed E-state index contributed by atoms with van der Waals surface area (Å²) in [5.41, 5.74) is -0.758. The summed E-state index contributed by atoms with van der Waals surface area (Å²) >= 11 is 0. The van der Waals surface area contributed by atoms with Crippen molar-refractivity contribution in [2.24, 2.45) is 5.92 Å². The Bertz CT molecular complexity index is 1410. The molecule has 0 atom stereocenters. The average molecular weight is 537 g/mol. The summed E-state index contributed by atoms with van der Waals surface area (Å²) < 4.78 is 69.3. The number of halogens is 3. The fourth-order valence-electron chi connectivity index (χ4n) is 3.51. The molecule has 0 fully saturated rings. The molecule has 8 nitrogen and oxygen atoms in total. The summed E-state index contributed by atoms with van der Waals surface area (Å²) in [5, 5.41) is 11.1. The van der Waals surface area contributed by atoms with Crippen LogP contribution in [0.5, 0.6) is 5.75 Å². The molecule has 0 N–H and O–H groups in total. The minimum Gasteiger partial charge on any atom is -0.379 e. The van der Waals surface area contributed by atoms with E-state index in [4.69, 9.17) is 4.18 Å². The monoisotopic (exact) mass is 536 g/mol. The summed E-state index contributed by atoms with van der Waals surface area (Å²) in [5.74, 6) is -0.564. The van der Waals surface area contributed by atoms with Gasteiger partial charge in [0.1, 0.15) is 10.6 Å². The second kappa shape index (κ2) is 11.0. The highest BCUT2D eigenvalue weighted by atomic mass is 32.2. The van der Waals surface area contributed by atoms with Crippen LogP contribution in [0.4, 0.5) is 18.9 Å². The maximum absolute atomic E-state index is 13.2. The van der Waals surface area contributed by atoms with Crippen molar-refractivity contribution >= 4 is 21.7 Å². The average Bonchev–Trinajstić information content (AvgIpc) is 2.82. The number of carbonyl (C=O) groups is 1. The predicted molar refractivity (Wildman–Crippen MR) is 128 cm³/mol. The molecule has 0 heterocycles. The molecule has 37 heavy (non-hydrogen) atoms. The van der Waals surface area contributed by atoms with Crippen molar-refractivity contribution < 1.29 is 35.5 Å². The molecule has 0 radical (unpaired) electrons. The predicted octanol–water partition coefficient (Wildman–Crippen LogP) is 5.68. The van der Waals surface area contributed by atoms with Crippen LogP contribution in [0.1, 0.15) is 35.3 Å². The zero-order chi connectivity index (χ0) is 27.4. The quantitative estimate of drug-likeness (QED) is 0.198. The Morgan fingerprint density at radius 1 is 1.03 bits per heavy atom. The first-order chi connectivity index (χ1) is 17.3. The van der Waals surface area contributed by atoms with Crippen molar-refractivity contribution in [3.8, 4) is 5.75 Å². The Hall–Kier alpha value is -3.93. The molecule has 3 rings (SSSR count). The van der Waals surface area contributed by atoms with Crippen LogP contribution in [0.3, 0.4) is 0 Å². The number of non-ortho nitro benzene ring substituents is 1. The van der Waals surface area contributed by atoms with Crippen LogP contribution >= 0.6 is 0 Å². The van der Waals surface area contributed by atoms with Crippen molar-refractivity contribution in [1.82, 2.24) is 4.90 Å². The highest BCUT2D eigenvalue weighted by molar-refractivity contribution is 7.87. The number of nitro groups is 1. The second-order valence-electron chi connectivity index (χ2n) is 8.60. The Kier molecular flexibility index (Phi) is 8.22. The molecule has 3 aromatic carbocycles. The smallest absolute Gasteiger partial charge is 0.379 e. The van der Waals surface area contributed by atoms with Gasteiger partial charge in [0.25, 0.3) is 11.6 Å². The van der Waals surface area contributed by atoms with Gasteiger partial charge < -0.3 is 9.08 Å². The van der Waals surface area contributed by atoms with Gasteiger partial charge in [-0.15, -0.1) is 0 Å². The van der Waals surface area contributed by atoms with Crippen molar-refractivity contribution in [2.45, 2.75) is 31.5 Å². The minimum absolute atomic E-state index is 0.0283. The van der Waals surface area contributed by atoms with Crippen LogP contribution in [-0.4, -0.2) is 30.7 Å². The number of nitrogens with zero attached hydrogens (tertiary/aromatic N) is 2. The number of carbonyl (C=O) groups excluding carboxylic acids is 1. The van der Waals surface area contributed by atoms with Crippen molar-refractivity contribution in [3.05, 3.63) is 99.6 Å². The molecule has 0 unspecified atom stereocenters. The molecule has 0 spiro atoms. The number of hydrogen-bond acceptors (Lipinski definition) is 6. The van der Waals surface area contributed by atoms with Crippen molar-refractivity contribution in [2.75, 3.05) is 6.54 Å². The lowest BCUT2D eigenvalue weighted by atomic mass is 10.1. The summed E-state index contributed by atoms with van der Waals surface area (Å²) in [6.45, 7) is 4.10. The van der Waals surface area contributed by atoms with Crippen molar-refractivity contribution in [1.29, 1.82) is 0 Å². The number of rotatable bonds is 9. The van der Waals surface area contributed by atoms with E-state index >= 15 is 0 Å². The highest BCUT2D eigenvalue weighted by Crippen LogP contribution is 2.31. The normalized spacial score (nSPS) is 11.8. The van der Waals surface area contributed by atoms with E-state index < -0.39 is 37.6 Å². The minimum atomic E-state index is -4.73. The van der Waals surface area contributed by atoms with Gasteiger partial charge in [-0.25, -0.2) is 0 Å². The van der Waals surface area contributed by atoms with Crippen LogP contribution in [0, 0.1) is 16.0 Å². The summed E-state index contributed by atoms with van der Waals surface area (Å²) in [4.78, 5) is 24.5. The zero-order valence-electron chi connectivity index (χ0n) is 19.8. The number of hydrogen-bond donors (Lipinski definition) is 0. The third kappa shape index (κ3) is 7.29. The maximum Gasteiger partial charge on any atom is 0.416 e. The summed E-state index contributed by atoms with van der Waals surface area (Å²) in [6.07, 6.45) is -4.73. The molecule has 12 heteroatoms. The molecule has 0 saturated carbocycles. The van der Waals surface area contributed by atoms with Crippen LogP contribution in [0.25, 0.3) is 0 Å². The summed E-state index contributed by atoms with van der Waals surface area (Å²) in [6, 6.07) is 14.3. The zero-order valence-corrected chi connectivity index (χ0v) is 20.6. The number of alkyl halides is 3. The highest BCUT2D eigenvalue weighted by Gasteiger charge is 2.32. The van der Waals surface area contributed by atoms with Crippen LogP contribution in [0.15, 0.2) is 77.7 Å². The van der Waals surface area contributed by atoms with Gasteiger partial charge in [0.15, 0.2) is 0 Å². The van der Waals surface area contributed by atoms with Gasteiger partial charge in [-0.2, -0.15) is 21.6 Å². The Labute approximate surface area is 211 Å². The topological polar surface area (TPSA) is 107 Å². The van der Waals surface area contributed by atoms with Crippen LogP contribution in [0.2, 0.25) is 0 Å². The SMILES string of the molecule is CC(C)CN(Cc1cccc(OS(=O)(=O)c2cccc(C(F)(F)F)c2)c1)C(=O)c1cccc([N+](=O)[O-])c1. The first-order valence-electron chi connectivity index (χ1n) is 11.0. The van der Waals surface area contributed by atoms with Crippen LogP contribution < -0.4 is 4.18 Å². The van der Waals surface area contributed by atoms with E-state index in [-0.39, 0.29) is 29.5 Å². The maximum atomic E-state index is 13.2. The van der Waals surface area contributed by atoms with E-state index in [2.05, 4.69) is 0 Å². The van der Waals surface area contributed by atoms with E-state index in [1.54, 1.807) is 6.07 Å². The van der Waals surface area contributed by atoms with Crippen LogP contribution in [-0.2, 0) is 22.8 Å². The summed E-state index contributed by atoms with van der Waals surface area (Å²) in [7, 11) is -4.58. The standard InChI is InChI=1S/C25H23F3N2O6S/c1-17(2)15-29(24(31)19-7-4-9-21(13-19)30(32)33)16-18-6-3-10-22(12-18)36-37(34,35)23-11-5-8-20(14-23)25(26,27)28/h3-14,17H,15-16H2,1-2H3. The van der Waals surface area contributed by atoms with Gasteiger partial charge in [0, 0.05) is 30.8 Å². The lowest BCUT2D eigenvalue weighted by Crippen LogP contribution is -2.33. The lowest BCUT2D eigenvalue weighted by Gasteiger charge is -2.25. The van der Waals surface area contributed by atoms with Gasteiger partial charge >= 0.3 is 16.3 Å². The lowest BCUT2D eigenvalue weighted by molar-refractivity contribution is -0.384. The third-order valence-electron chi connectivity index (χ3n) is 5.10. The van der Waals surface area contributed by atoms with Gasteiger partial charge in [-0.1, -0.05) is 38.1 Å². The van der Waals surface area contributed by atoms with E-state index in [0.717, 1.165) is 18.2 Å². The molecular weight excluding hydrogens is 513 g/mol. The van der Waals surface area contributed by atoms with Gasteiger partial charge in [0.05, 0.1) is 10.5 Å². The Balaban J connectivity index is 1.85. The van der Waals surface area contributed by atoms with E-state index in [1.165, 1.54) is 47.4 Å². The molecular formula is C25H23F3N2O6S. The molecule has 0 bridgehead atoms. The van der Waals surface area contributed by atoms with Gasteiger partial charge in [0.2, 0.25) is 0 Å². The second-order valence-corrected chi connectivity index (χ2v) is 10.1.